The van der Waals surface area contributed by atoms with Gasteiger partial charge in [-0.05, 0) is 17.9 Å². The van der Waals surface area contributed by atoms with E-state index in [2.05, 4.69) is 23.7 Å². The summed E-state index contributed by atoms with van der Waals surface area (Å²) in [6.07, 6.45) is 1.57. The van der Waals surface area contributed by atoms with Crippen molar-refractivity contribution in [3.05, 3.63) is 16.8 Å². The molecule has 0 fully saturated rings. The van der Waals surface area contributed by atoms with Gasteiger partial charge in [0.05, 0.1) is 12.5 Å². The molecule has 0 aliphatic heterocycles. The van der Waals surface area contributed by atoms with E-state index < -0.39 is 0 Å². The molecule has 2 nitrogen and oxygen atoms in total. The number of rotatable bonds is 4. The Kier molecular flexibility index (Phi) is 3.62. The first-order valence-corrected chi connectivity index (χ1v) is 4.96. The standard InChI is InChI=1S/C9H12N2S/c1-2-8(3-5-10)11-9-4-6-12-7-9/h4,6-8,11H,2-3H2,1H3. The summed E-state index contributed by atoms with van der Waals surface area (Å²) in [5.74, 6) is 0. The zero-order valence-corrected chi connectivity index (χ0v) is 7.90. The Balaban J connectivity index is 2.44. The summed E-state index contributed by atoms with van der Waals surface area (Å²) in [5, 5.41) is 15.9. The Morgan fingerprint density at radius 1 is 1.75 bits per heavy atom. The highest BCUT2D eigenvalue weighted by atomic mass is 32.1. The van der Waals surface area contributed by atoms with Crippen LogP contribution in [0.4, 0.5) is 5.69 Å². The van der Waals surface area contributed by atoms with Crippen LogP contribution in [0.25, 0.3) is 0 Å². The summed E-state index contributed by atoms with van der Waals surface area (Å²) in [5.41, 5.74) is 1.13. The number of anilines is 1. The van der Waals surface area contributed by atoms with Crippen LogP contribution < -0.4 is 5.32 Å². The van der Waals surface area contributed by atoms with E-state index >= 15 is 0 Å². The minimum atomic E-state index is 0.296. The van der Waals surface area contributed by atoms with E-state index in [-0.39, 0.29) is 0 Å². The molecule has 0 radical (unpaired) electrons. The maximum absolute atomic E-state index is 8.51. The lowest BCUT2D eigenvalue weighted by atomic mass is 10.1. The molecule has 0 aliphatic rings. The molecule has 1 heterocycles. The van der Waals surface area contributed by atoms with Crippen LogP contribution in [0.2, 0.25) is 0 Å². The number of nitrogens with one attached hydrogen (secondary N) is 1. The van der Waals surface area contributed by atoms with Gasteiger partial charge in [-0.25, -0.2) is 0 Å². The average Bonchev–Trinajstić information content (AvgIpc) is 2.56. The summed E-state index contributed by atoms with van der Waals surface area (Å²) >= 11 is 1.66. The zero-order chi connectivity index (χ0) is 8.81. The molecule has 0 saturated heterocycles. The third-order valence-corrected chi connectivity index (χ3v) is 2.41. The quantitative estimate of drug-likeness (QED) is 0.773. The van der Waals surface area contributed by atoms with Gasteiger partial charge in [0.1, 0.15) is 0 Å². The van der Waals surface area contributed by atoms with Crippen LogP contribution in [-0.2, 0) is 0 Å². The van der Waals surface area contributed by atoms with Gasteiger partial charge in [-0.15, -0.1) is 0 Å². The van der Waals surface area contributed by atoms with Crippen LogP contribution >= 0.6 is 11.3 Å². The molecule has 3 heteroatoms. The van der Waals surface area contributed by atoms with Crippen LogP contribution in [0.3, 0.4) is 0 Å². The van der Waals surface area contributed by atoms with Gasteiger partial charge in [0.2, 0.25) is 0 Å². The smallest absolute Gasteiger partial charge is 0.0643 e. The minimum absolute atomic E-state index is 0.296. The molecule has 0 amide bonds. The first-order chi connectivity index (χ1) is 5.86. The molecular weight excluding hydrogens is 168 g/mol. The third kappa shape index (κ3) is 2.55. The number of nitrogens with zero attached hydrogens (tertiary/aromatic N) is 1. The second-order valence-corrected chi connectivity index (χ2v) is 3.40. The monoisotopic (exact) mass is 180 g/mol. The Morgan fingerprint density at radius 3 is 3.08 bits per heavy atom. The van der Waals surface area contributed by atoms with Crippen LogP contribution in [0.15, 0.2) is 16.8 Å². The fraction of sp³-hybridized carbons (Fsp3) is 0.444. The first-order valence-electron chi connectivity index (χ1n) is 4.02. The number of hydrogen-bond donors (Lipinski definition) is 1. The maximum Gasteiger partial charge on any atom is 0.0643 e. The average molecular weight is 180 g/mol. The van der Waals surface area contributed by atoms with Crippen molar-refractivity contribution in [1.29, 1.82) is 5.26 Å². The van der Waals surface area contributed by atoms with E-state index in [9.17, 15) is 0 Å². The van der Waals surface area contributed by atoms with Gasteiger partial charge in [-0.2, -0.15) is 16.6 Å². The predicted molar refractivity (Wildman–Crippen MR) is 52.3 cm³/mol. The predicted octanol–water partition coefficient (Wildman–Crippen LogP) is 2.85. The van der Waals surface area contributed by atoms with Crippen molar-refractivity contribution < 1.29 is 0 Å². The highest BCUT2D eigenvalue weighted by molar-refractivity contribution is 7.08. The van der Waals surface area contributed by atoms with Gasteiger partial charge in [0, 0.05) is 17.1 Å². The second-order valence-electron chi connectivity index (χ2n) is 2.62. The van der Waals surface area contributed by atoms with Crippen molar-refractivity contribution in [3.63, 3.8) is 0 Å². The summed E-state index contributed by atoms with van der Waals surface area (Å²) < 4.78 is 0. The molecule has 0 aliphatic carbocycles. The van der Waals surface area contributed by atoms with E-state index in [0.717, 1.165) is 12.1 Å². The van der Waals surface area contributed by atoms with Gasteiger partial charge in [0.15, 0.2) is 0 Å². The Labute approximate surface area is 76.8 Å². The molecule has 64 valence electrons. The molecule has 1 rings (SSSR count). The maximum atomic E-state index is 8.51. The summed E-state index contributed by atoms with van der Waals surface area (Å²) in [4.78, 5) is 0. The molecule has 1 unspecified atom stereocenters. The van der Waals surface area contributed by atoms with Gasteiger partial charge >= 0.3 is 0 Å². The molecule has 0 bridgehead atoms. The largest absolute Gasteiger partial charge is 0.381 e. The Hall–Kier alpha value is -1.01. The fourth-order valence-electron chi connectivity index (χ4n) is 0.990. The topological polar surface area (TPSA) is 35.8 Å². The van der Waals surface area contributed by atoms with E-state index in [1.807, 2.05) is 11.4 Å². The number of nitriles is 1. The first kappa shape index (κ1) is 9.08. The number of thiophene rings is 1. The van der Waals surface area contributed by atoms with Crippen molar-refractivity contribution in [3.8, 4) is 6.07 Å². The van der Waals surface area contributed by atoms with Crippen LogP contribution in [-0.4, -0.2) is 6.04 Å². The lowest BCUT2D eigenvalue weighted by Gasteiger charge is -2.12. The van der Waals surface area contributed by atoms with Crippen LogP contribution in [0.1, 0.15) is 19.8 Å². The highest BCUT2D eigenvalue weighted by Gasteiger charge is 2.04. The lowest BCUT2D eigenvalue weighted by Crippen LogP contribution is -2.16. The number of hydrogen-bond acceptors (Lipinski definition) is 3. The van der Waals surface area contributed by atoms with Crippen molar-refractivity contribution in [1.82, 2.24) is 0 Å². The molecule has 0 saturated carbocycles. The van der Waals surface area contributed by atoms with E-state index in [4.69, 9.17) is 5.26 Å². The molecule has 1 aromatic heterocycles. The van der Waals surface area contributed by atoms with E-state index in [0.29, 0.717) is 12.5 Å². The van der Waals surface area contributed by atoms with Crippen molar-refractivity contribution in [2.24, 2.45) is 0 Å². The molecule has 1 N–H and O–H groups in total. The Bertz CT molecular complexity index is 248. The van der Waals surface area contributed by atoms with Gasteiger partial charge in [0.25, 0.3) is 0 Å². The molecule has 0 aromatic carbocycles. The van der Waals surface area contributed by atoms with Crippen LogP contribution in [0.5, 0.6) is 0 Å². The normalized spacial score (nSPS) is 12.0. The minimum Gasteiger partial charge on any atom is -0.381 e. The summed E-state index contributed by atoms with van der Waals surface area (Å²) in [7, 11) is 0. The summed E-state index contributed by atoms with van der Waals surface area (Å²) in [6.45, 7) is 2.08. The SMILES string of the molecule is CCC(CC#N)Nc1ccsc1. The van der Waals surface area contributed by atoms with Crippen molar-refractivity contribution >= 4 is 17.0 Å². The molecule has 0 spiro atoms. The van der Waals surface area contributed by atoms with E-state index in [1.54, 1.807) is 11.3 Å². The molecule has 1 atom stereocenters. The zero-order valence-electron chi connectivity index (χ0n) is 7.08. The van der Waals surface area contributed by atoms with Crippen molar-refractivity contribution in [2.45, 2.75) is 25.8 Å². The third-order valence-electron chi connectivity index (χ3n) is 1.72. The highest BCUT2D eigenvalue weighted by Crippen LogP contribution is 2.14. The summed E-state index contributed by atoms with van der Waals surface area (Å²) in [6, 6.07) is 4.50. The fourth-order valence-corrected chi connectivity index (χ4v) is 1.59. The lowest BCUT2D eigenvalue weighted by molar-refractivity contribution is 0.712. The van der Waals surface area contributed by atoms with Crippen molar-refractivity contribution in [2.75, 3.05) is 5.32 Å². The van der Waals surface area contributed by atoms with Gasteiger partial charge in [-0.1, -0.05) is 6.92 Å². The van der Waals surface area contributed by atoms with Gasteiger partial charge < -0.3 is 5.32 Å². The Morgan fingerprint density at radius 2 is 2.58 bits per heavy atom. The second kappa shape index (κ2) is 4.78. The van der Waals surface area contributed by atoms with Crippen LogP contribution in [0, 0.1) is 11.3 Å². The van der Waals surface area contributed by atoms with Gasteiger partial charge in [-0.3, -0.25) is 0 Å². The molecule has 12 heavy (non-hydrogen) atoms. The molecular formula is C9H12N2S. The molecule has 1 aromatic rings. The van der Waals surface area contributed by atoms with E-state index in [1.165, 1.54) is 0 Å².